The van der Waals surface area contributed by atoms with E-state index in [9.17, 15) is 0 Å². The number of nitrogens with two attached hydrogens (primary N) is 1. The van der Waals surface area contributed by atoms with Gasteiger partial charge in [0, 0.05) is 10.5 Å². The van der Waals surface area contributed by atoms with Crippen molar-refractivity contribution >= 4 is 15.9 Å². The Bertz CT molecular complexity index is 320. The second-order valence-electron chi connectivity index (χ2n) is 3.39. The monoisotopic (exact) mass is 225 g/mol. The van der Waals surface area contributed by atoms with E-state index in [0.717, 1.165) is 12.8 Å². The molecule has 1 nitrogen and oxygen atoms in total. The van der Waals surface area contributed by atoms with E-state index >= 15 is 0 Å². The van der Waals surface area contributed by atoms with Crippen LogP contribution in [0.15, 0.2) is 16.6 Å². The lowest BCUT2D eigenvalue weighted by molar-refractivity contribution is 0.713. The highest BCUT2D eigenvalue weighted by molar-refractivity contribution is 9.10. The van der Waals surface area contributed by atoms with E-state index < -0.39 is 0 Å². The fourth-order valence-corrected chi connectivity index (χ4v) is 2.26. The number of benzene rings is 1. The third-order valence-corrected chi connectivity index (χ3v) is 3.53. The third-order valence-electron chi connectivity index (χ3n) is 2.67. The van der Waals surface area contributed by atoms with Gasteiger partial charge < -0.3 is 5.73 Å². The van der Waals surface area contributed by atoms with Gasteiger partial charge in [0.1, 0.15) is 0 Å². The summed E-state index contributed by atoms with van der Waals surface area (Å²) in [6.07, 6.45) is 2.24. The normalized spacial score (nSPS) is 21.1. The molecule has 0 heterocycles. The summed E-state index contributed by atoms with van der Waals surface area (Å²) < 4.78 is 1.20. The van der Waals surface area contributed by atoms with Crippen LogP contribution >= 0.6 is 15.9 Å². The molecule has 12 heavy (non-hydrogen) atoms. The molecule has 0 aliphatic heterocycles. The molecule has 0 saturated heterocycles. The van der Waals surface area contributed by atoms with Crippen molar-refractivity contribution in [1.82, 2.24) is 0 Å². The van der Waals surface area contributed by atoms with E-state index in [1.165, 1.54) is 21.2 Å². The summed E-state index contributed by atoms with van der Waals surface area (Å²) in [5, 5.41) is 0. The highest BCUT2D eigenvalue weighted by Gasteiger charge is 2.20. The topological polar surface area (TPSA) is 26.0 Å². The Labute approximate surface area is 81.1 Å². The molecule has 2 heteroatoms. The zero-order valence-corrected chi connectivity index (χ0v) is 8.69. The van der Waals surface area contributed by atoms with Crippen LogP contribution in [0.2, 0.25) is 0 Å². The minimum absolute atomic E-state index is 0.270. The maximum Gasteiger partial charge on any atom is 0.0300 e. The van der Waals surface area contributed by atoms with Crippen LogP contribution in [0.1, 0.15) is 29.2 Å². The smallest absolute Gasteiger partial charge is 0.0300 e. The van der Waals surface area contributed by atoms with Gasteiger partial charge in [-0.25, -0.2) is 0 Å². The predicted molar refractivity (Wildman–Crippen MR) is 54.1 cm³/mol. The lowest BCUT2D eigenvalue weighted by Crippen LogP contribution is -2.05. The van der Waals surface area contributed by atoms with Crippen LogP contribution in [0.3, 0.4) is 0 Å². The second-order valence-corrected chi connectivity index (χ2v) is 4.24. The Hall–Kier alpha value is -0.340. The maximum atomic E-state index is 5.95. The molecule has 1 aromatic rings. The molecule has 2 rings (SSSR count). The Morgan fingerprint density at radius 3 is 3.00 bits per heavy atom. The summed E-state index contributed by atoms with van der Waals surface area (Å²) in [6, 6.07) is 4.51. The quantitative estimate of drug-likeness (QED) is 0.723. The summed E-state index contributed by atoms with van der Waals surface area (Å²) in [5.41, 5.74) is 10.1. The average Bonchev–Trinajstić information content (AvgIpc) is 2.41. The Kier molecular flexibility index (Phi) is 1.97. The summed E-state index contributed by atoms with van der Waals surface area (Å²) in [5.74, 6) is 0. The lowest BCUT2D eigenvalue weighted by atomic mass is 10.0. The summed E-state index contributed by atoms with van der Waals surface area (Å²) in [6.45, 7) is 2.15. The highest BCUT2D eigenvalue weighted by atomic mass is 79.9. The molecule has 0 amide bonds. The van der Waals surface area contributed by atoms with E-state index in [-0.39, 0.29) is 6.04 Å². The first-order chi connectivity index (χ1) is 5.70. The predicted octanol–water partition coefficient (Wildman–Crippen LogP) is 2.70. The number of rotatable bonds is 0. The maximum absolute atomic E-state index is 5.95. The van der Waals surface area contributed by atoms with Crippen LogP contribution in [0, 0.1) is 6.92 Å². The molecule has 0 fully saturated rings. The van der Waals surface area contributed by atoms with Crippen LogP contribution in [0.5, 0.6) is 0 Å². The number of hydrogen-bond acceptors (Lipinski definition) is 1. The van der Waals surface area contributed by atoms with Crippen LogP contribution in [-0.4, -0.2) is 0 Å². The van der Waals surface area contributed by atoms with E-state index in [0.29, 0.717) is 0 Å². The highest BCUT2D eigenvalue weighted by Crippen LogP contribution is 2.34. The standard InChI is InChI=1S/C10H12BrN/c1-6-7-3-5-10(12)8(7)2-4-9(6)11/h2,4,10H,3,5,12H2,1H3/t10-/m1/s1. The van der Waals surface area contributed by atoms with Gasteiger partial charge in [-0.05, 0) is 42.5 Å². The van der Waals surface area contributed by atoms with Crippen LogP contribution in [0.4, 0.5) is 0 Å². The van der Waals surface area contributed by atoms with Gasteiger partial charge >= 0.3 is 0 Å². The SMILES string of the molecule is Cc1c(Br)ccc2c1CC[C@H]2N. The number of halogens is 1. The molecular formula is C10H12BrN. The van der Waals surface area contributed by atoms with Crippen LogP contribution in [0.25, 0.3) is 0 Å². The van der Waals surface area contributed by atoms with Crippen molar-refractivity contribution in [2.24, 2.45) is 5.73 Å². The minimum Gasteiger partial charge on any atom is -0.324 e. The summed E-state index contributed by atoms with van der Waals surface area (Å²) >= 11 is 3.53. The minimum atomic E-state index is 0.270. The molecule has 0 radical (unpaired) electrons. The molecule has 1 aromatic carbocycles. The van der Waals surface area contributed by atoms with E-state index in [1.807, 2.05) is 0 Å². The van der Waals surface area contributed by atoms with Gasteiger partial charge in [0.05, 0.1) is 0 Å². The molecule has 64 valence electrons. The molecule has 0 aromatic heterocycles. The van der Waals surface area contributed by atoms with E-state index in [4.69, 9.17) is 5.73 Å². The van der Waals surface area contributed by atoms with Gasteiger partial charge in [-0.15, -0.1) is 0 Å². The average molecular weight is 226 g/mol. The molecular weight excluding hydrogens is 214 g/mol. The van der Waals surface area contributed by atoms with Crippen molar-refractivity contribution in [2.75, 3.05) is 0 Å². The van der Waals surface area contributed by atoms with Gasteiger partial charge in [0.2, 0.25) is 0 Å². The second kappa shape index (κ2) is 2.86. The fraction of sp³-hybridized carbons (Fsp3) is 0.400. The number of hydrogen-bond donors (Lipinski definition) is 1. The van der Waals surface area contributed by atoms with Gasteiger partial charge in [-0.1, -0.05) is 22.0 Å². The first-order valence-electron chi connectivity index (χ1n) is 4.23. The van der Waals surface area contributed by atoms with Crippen LogP contribution < -0.4 is 5.73 Å². The Balaban J connectivity index is 2.60. The van der Waals surface area contributed by atoms with Gasteiger partial charge in [0.25, 0.3) is 0 Å². The Morgan fingerprint density at radius 2 is 2.25 bits per heavy atom. The van der Waals surface area contributed by atoms with Crippen molar-refractivity contribution < 1.29 is 0 Å². The molecule has 2 N–H and O–H groups in total. The zero-order valence-electron chi connectivity index (χ0n) is 7.10. The molecule has 0 unspecified atom stereocenters. The third kappa shape index (κ3) is 1.10. The summed E-state index contributed by atoms with van der Waals surface area (Å²) in [7, 11) is 0. The lowest BCUT2D eigenvalue weighted by Gasteiger charge is -2.07. The Morgan fingerprint density at radius 1 is 1.50 bits per heavy atom. The van der Waals surface area contributed by atoms with Crippen molar-refractivity contribution in [3.05, 3.63) is 33.3 Å². The molecule has 0 spiro atoms. The van der Waals surface area contributed by atoms with Gasteiger partial charge in [-0.3, -0.25) is 0 Å². The zero-order chi connectivity index (χ0) is 8.72. The first kappa shape index (κ1) is 8.27. The van der Waals surface area contributed by atoms with Crippen molar-refractivity contribution in [3.63, 3.8) is 0 Å². The fourth-order valence-electron chi connectivity index (χ4n) is 1.88. The van der Waals surface area contributed by atoms with Gasteiger partial charge in [-0.2, -0.15) is 0 Å². The van der Waals surface area contributed by atoms with E-state index in [1.54, 1.807) is 0 Å². The molecule has 1 atom stereocenters. The van der Waals surface area contributed by atoms with Crippen LogP contribution in [-0.2, 0) is 6.42 Å². The summed E-state index contributed by atoms with van der Waals surface area (Å²) in [4.78, 5) is 0. The van der Waals surface area contributed by atoms with Gasteiger partial charge in [0.15, 0.2) is 0 Å². The van der Waals surface area contributed by atoms with Crippen molar-refractivity contribution in [3.8, 4) is 0 Å². The van der Waals surface area contributed by atoms with Crippen molar-refractivity contribution in [2.45, 2.75) is 25.8 Å². The molecule has 1 aliphatic rings. The van der Waals surface area contributed by atoms with E-state index in [2.05, 4.69) is 35.0 Å². The largest absolute Gasteiger partial charge is 0.324 e. The van der Waals surface area contributed by atoms with Crippen molar-refractivity contribution in [1.29, 1.82) is 0 Å². The number of fused-ring (bicyclic) bond motifs is 1. The first-order valence-corrected chi connectivity index (χ1v) is 5.03. The molecule has 1 aliphatic carbocycles. The molecule has 0 bridgehead atoms. The molecule has 0 saturated carbocycles.